The van der Waals surface area contributed by atoms with Crippen LogP contribution in [0.4, 0.5) is 0 Å². The van der Waals surface area contributed by atoms with Crippen molar-refractivity contribution in [2.45, 2.75) is 64.2 Å². The maximum atomic E-state index is 12.7. The fourth-order valence-electron chi connectivity index (χ4n) is 3.52. The number of ether oxygens (including phenoxy) is 2. The highest BCUT2D eigenvalue weighted by atomic mass is 16.5. The molecule has 134 valence electrons. The molecule has 6 nitrogen and oxygen atoms in total. The van der Waals surface area contributed by atoms with Gasteiger partial charge in [-0.25, -0.2) is 0 Å². The van der Waals surface area contributed by atoms with Crippen molar-refractivity contribution in [2.24, 2.45) is 0 Å². The average Bonchev–Trinajstić information content (AvgIpc) is 3.06. The van der Waals surface area contributed by atoms with Gasteiger partial charge in [0, 0.05) is 25.9 Å². The molecule has 3 heterocycles. The van der Waals surface area contributed by atoms with Crippen LogP contribution < -0.4 is 0 Å². The van der Waals surface area contributed by atoms with E-state index in [-0.39, 0.29) is 18.1 Å². The molecule has 3 rings (SSSR count). The van der Waals surface area contributed by atoms with Crippen molar-refractivity contribution in [1.29, 1.82) is 0 Å². The molecule has 0 unspecified atom stereocenters. The minimum atomic E-state index is -0.409. The van der Waals surface area contributed by atoms with Crippen molar-refractivity contribution in [3.8, 4) is 0 Å². The van der Waals surface area contributed by atoms with E-state index in [0.717, 1.165) is 44.4 Å². The van der Waals surface area contributed by atoms with Crippen LogP contribution in [-0.2, 0) is 14.3 Å². The lowest BCUT2D eigenvalue weighted by atomic mass is 10.1. The Balaban J connectivity index is 1.49. The zero-order valence-electron chi connectivity index (χ0n) is 14.8. The smallest absolute Gasteiger partial charge is 0.251 e. The molecule has 24 heavy (non-hydrogen) atoms. The van der Waals surface area contributed by atoms with E-state index < -0.39 is 6.10 Å². The van der Waals surface area contributed by atoms with Crippen molar-refractivity contribution < 1.29 is 14.3 Å². The number of nitrogens with zero attached hydrogens (tertiary/aromatic N) is 3. The molecule has 6 heteroatoms. The number of hydrogen-bond donors (Lipinski definition) is 0. The second-order valence-corrected chi connectivity index (χ2v) is 7.04. The summed E-state index contributed by atoms with van der Waals surface area (Å²) in [5.41, 5.74) is 1.16. The molecule has 0 bridgehead atoms. The predicted octanol–water partition coefficient (Wildman–Crippen LogP) is 2.33. The lowest BCUT2D eigenvalue weighted by Gasteiger charge is -2.34. The van der Waals surface area contributed by atoms with Crippen LogP contribution in [0.25, 0.3) is 0 Å². The van der Waals surface area contributed by atoms with Crippen LogP contribution in [0.15, 0.2) is 12.4 Å². The SMILES string of the molecule is Cc1cnn([C@@H]2CCCN(C(=O)[C@H](C)OC[C@H]3CCCCO3)C2)c1. The summed E-state index contributed by atoms with van der Waals surface area (Å²) in [6, 6.07) is 0.269. The Hall–Kier alpha value is -1.40. The Morgan fingerprint density at radius 2 is 2.29 bits per heavy atom. The van der Waals surface area contributed by atoms with Crippen LogP contribution in [0.1, 0.15) is 50.6 Å². The molecule has 2 aliphatic rings. The Bertz CT molecular complexity index is 539. The first kappa shape index (κ1) is 17.4. The van der Waals surface area contributed by atoms with E-state index in [9.17, 15) is 4.79 Å². The van der Waals surface area contributed by atoms with Crippen molar-refractivity contribution in [1.82, 2.24) is 14.7 Å². The number of rotatable bonds is 5. The van der Waals surface area contributed by atoms with E-state index >= 15 is 0 Å². The highest BCUT2D eigenvalue weighted by Gasteiger charge is 2.29. The van der Waals surface area contributed by atoms with Gasteiger partial charge in [0.2, 0.25) is 0 Å². The van der Waals surface area contributed by atoms with E-state index in [1.807, 2.05) is 29.6 Å². The molecule has 0 aliphatic carbocycles. The lowest BCUT2D eigenvalue weighted by molar-refractivity contribution is -0.147. The molecular formula is C18H29N3O3. The van der Waals surface area contributed by atoms with E-state index in [2.05, 4.69) is 11.3 Å². The van der Waals surface area contributed by atoms with E-state index in [1.54, 1.807) is 0 Å². The molecule has 0 radical (unpaired) electrons. The van der Waals surface area contributed by atoms with Crippen LogP contribution in [-0.4, -0.2) is 59.1 Å². The van der Waals surface area contributed by atoms with Crippen LogP contribution in [0.5, 0.6) is 0 Å². The third-order valence-electron chi connectivity index (χ3n) is 4.97. The highest BCUT2D eigenvalue weighted by Crippen LogP contribution is 2.22. The van der Waals surface area contributed by atoms with Gasteiger partial charge in [-0.3, -0.25) is 9.48 Å². The lowest BCUT2D eigenvalue weighted by Crippen LogP contribution is -2.46. The summed E-state index contributed by atoms with van der Waals surface area (Å²) >= 11 is 0. The number of amides is 1. The van der Waals surface area contributed by atoms with Gasteiger partial charge in [-0.1, -0.05) is 0 Å². The highest BCUT2D eigenvalue weighted by molar-refractivity contribution is 5.80. The van der Waals surface area contributed by atoms with Gasteiger partial charge in [0.05, 0.1) is 24.9 Å². The summed E-state index contributed by atoms with van der Waals surface area (Å²) in [5, 5.41) is 4.41. The second-order valence-electron chi connectivity index (χ2n) is 7.04. The summed E-state index contributed by atoms with van der Waals surface area (Å²) in [4.78, 5) is 14.6. The van der Waals surface area contributed by atoms with Gasteiger partial charge in [-0.2, -0.15) is 5.10 Å². The van der Waals surface area contributed by atoms with Crippen molar-refractivity contribution in [2.75, 3.05) is 26.3 Å². The minimum Gasteiger partial charge on any atom is -0.376 e. The first-order valence-corrected chi connectivity index (χ1v) is 9.16. The number of carbonyl (C=O) groups is 1. The van der Waals surface area contributed by atoms with Gasteiger partial charge in [0.1, 0.15) is 6.10 Å². The molecule has 0 spiro atoms. The van der Waals surface area contributed by atoms with Crippen LogP contribution >= 0.6 is 0 Å². The Morgan fingerprint density at radius 1 is 1.42 bits per heavy atom. The number of hydrogen-bond acceptors (Lipinski definition) is 4. The zero-order valence-corrected chi connectivity index (χ0v) is 14.8. The zero-order chi connectivity index (χ0) is 16.9. The molecule has 2 aliphatic heterocycles. The van der Waals surface area contributed by atoms with Crippen LogP contribution in [0.3, 0.4) is 0 Å². The molecule has 3 atom stereocenters. The number of aryl methyl sites for hydroxylation is 1. The molecule has 2 fully saturated rings. The average molecular weight is 335 g/mol. The number of aromatic nitrogens is 2. The summed E-state index contributed by atoms with van der Waals surface area (Å²) in [7, 11) is 0. The standard InChI is InChI=1S/C18H29N3O3/c1-14-10-19-21(11-14)16-6-5-8-20(12-16)18(22)15(2)24-13-17-7-3-4-9-23-17/h10-11,15-17H,3-9,12-13H2,1-2H3/t15-,16+,17+/m0/s1. The Morgan fingerprint density at radius 3 is 3.00 bits per heavy atom. The first-order chi connectivity index (χ1) is 11.6. The van der Waals surface area contributed by atoms with Gasteiger partial charge >= 0.3 is 0 Å². The summed E-state index contributed by atoms with van der Waals surface area (Å²) in [5.74, 6) is 0.0828. The van der Waals surface area contributed by atoms with E-state index in [0.29, 0.717) is 13.2 Å². The minimum absolute atomic E-state index is 0.0828. The molecule has 2 saturated heterocycles. The fourth-order valence-corrected chi connectivity index (χ4v) is 3.52. The van der Waals surface area contributed by atoms with E-state index in [4.69, 9.17) is 9.47 Å². The molecular weight excluding hydrogens is 306 g/mol. The van der Waals surface area contributed by atoms with Gasteiger partial charge in [-0.05, 0) is 51.5 Å². The maximum Gasteiger partial charge on any atom is 0.251 e. The van der Waals surface area contributed by atoms with Crippen molar-refractivity contribution >= 4 is 5.91 Å². The van der Waals surface area contributed by atoms with Gasteiger partial charge in [0.15, 0.2) is 0 Å². The maximum absolute atomic E-state index is 12.7. The molecule has 0 N–H and O–H groups in total. The van der Waals surface area contributed by atoms with Crippen molar-refractivity contribution in [3.05, 3.63) is 18.0 Å². The summed E-state index contributed by atoms with van der Waals surface area (Å²) < 4.78 is 13.5. The quantitative estimate of drug-likeness (QED) is 0.829. The summed E-state index contributed by atoms with van der Waals surface area (Å²) in [6.45, 7) is 6.75. The molecule has 1 aromatic heterocycles. The number of piperidine rings is 1. The largest absolute Gasteiger partial charge is 0.376 e. The molecule has 1 amide bonds. The topological polar surface area (TPSA) is 56.6 Å². The van der Waals surface area contributed by atoms with Gasteiger partial charge < -0.3 is 14.4 Å². The normalized spacial score (nSPS) is 26.3. The predicted molar refractivity (Wildman–Crippen MR) is 90.8 cm³/mol. The number of likely N-dealkylation sites (tertiary alicyclic amines) is 1. The van der Waals surface area contributed by atoms with Crippen molar-refractivity contribution in [3.63, 3.8) is 0 Å². The summed E-state index contributed by atoms with van der Waals surface area (Å²) in [6.07, 6.45) is 9.09. The fraction of sp³-hybridized carbons (Fsp3) is 0.778. The molecule has 0 aromatic carbocycles. The number of carbonyl (C=O) groups excluding carboxylic acids is 1. The third-order valence-corrected chi connectivity index (χ3v) is 4.97. The van der Waals surface area contributed by atoms with Crippen LogP contribution in [0, 0.1) is 6.92 Å². The molecule has 1 aromatic rings. The van der Waals surface area contributed by atoms with Gasteiger partial charge in [0.25, 0.3) is 5.91 Å². The molecule has 0 saturated carbocycles. The first-order valence-electron chi connectivity index (χ1n) is 9.16. The Labute approximate surface area is 144 Å². The second kappa shape index (κ2) is 8.12. The Kier molecular flexibility index (Phi) is 5.89. The third kappa shape index (κ3) is 4.36. The van der Waals surface area contributed by atoms with E-state index in [1.165, 1.54) is 6.42 Å². The van der Waals surface area contributed by atoms with Crippen LogP contribution in [0.2, 0.25) is 0 Å². The monoisotopic (exact) mass is 335 g/mol. The van der Waals surface area contributed by atoms with Gasteiger partial charge in [-0.15, -0.1) is 0 Å².